The van der Waals surface area contributed by atoms with Gasteiger partial charge in [0.15, 0.2) is 11.5 Å². The average Bonchev–Trinajstić information content (AvgIpc) is 3.01. The summed E-state index contributed by atoms with van der Waals surface area (Å²) >= 11 is 5.44. The van der Waals surface area contributed by atoms with E-state index in [1.165, 1.54) is 10.4 Å². The van der Waals surface area contributed by atoms with Crippen LogP contribution in [0.15, 0.2) is 34.1 Å². The van der Waals surface area contributed by atoms with E-state index in [4.69, 9.17) is 9.47 Å². The minimum atomic E-state index is 0.394. The van der Waals surface area contributed by atoms with Crippen LogP contribution in [0, 0.1) is 0 Å². The van der Waals surface area contributed by atoms with Gasteiger partial charge in [-0.2, -0.15) is 0 Å². The monoisotopic (exact) mass is 367 g/mol. The van der Waals surface area contributed by atoms with Crippen LogP contribution in [0.2, 0.25) is 0 Å². The molecule has 3 rings (SSSR count). The van der Waals surface area contributed by atoms with Crippen LogP contribution < -0.4 is 9.47 Å². The Bertz CT molecular complexity index is 615. The lowest BCUT2D eigenvalue weighted by Gasteiger charge is -2.26. The van der Waals surface area contributed by atoms with Gasteiger partial charge in [0, 0.05) is 21.9 Å². The van der Waals surface area contributed by atoms with E-state index in [1.807, 2.05) is 6.07 Å². The SMILES string of the molecule is C[C@H](c1cccs1)N(C)Cc1cc2c(cc1Br)OCCO2. The molecular weight excluding hydrogens is 350 g/mol. The average molecular weight is 368 g/mol. The molecule has 21 heavy (non-hydrogen) atoms. The van der Waals surface area contributed by atoms with Crippen LogP contribution in [0.1, 0.15) is 23.4 Å². The normalized spacial score (nSPS) is 15.2. The molecule has 0 unspecified atom stereocenters. The highest BCUT2D eigenvalue weighted by Gasteiger charge is 2.18. The van der Waals surface area contributed by atoms with Crippen molar-refractivity contribution in [3.05, 3.63) is 44.6 Å². The molecule has 112 valence electrons. The fraction of sp³-hybridized carbons (Fsp3) is 0.375. The molecule has 5 heteroatoms. The first-order chi connectivity index (χ1) is 10.1. The van der Waals surface area contributed by atoms with Gasteiger partial charge < -0.3 is 9.47 Å². The molecule has 0 amide bonds. The van der Waals surface area contributed by atoms with Gasteiger partial charge in [-0.25, -0.2) is 0 Å². The largest absolute Gasteiger partial charge is 0.486 e. The van der Waals surface area contributed by atoms with Crippen molar-refractivity contribution < 1.29 is 9.47 Å². The highest BCUT2D eigenvalue weighted by molar-refractivity contribution is 9.10. The van der Waals surface area contributed by atoms with Gasteiger partial charge in [-0.05, 0) is 43.1 Å². The second-order valence-electron chi connectivity index (χ2n) is 5.19. The summed E-state index contributed by atoms with van der Waals surface area (Å²) in [7, 11) is 2.15. The Morgan fingerprint density at radius 1 is 1.29 bits per heavy atom. The fourth-order valence-electron chi connectivity index (χ4n) is 2.38. The van der Waals surface area contributed by atoms with E-state index in [2.05, 4.69) is 58.4 Å². The molecule has 0 bridgehead atoms. The number of thiophene rings is 1. The van der Waals surface area contributed by atoms with Crippen LogP contribution in [-0.2, 0) is 6.54 Å². The minimum Gasteiger partial charge on any atom is -0.486 e. The molecule has 0 N–H and O–H groups in total. The van der Waals surface area contributed by atoms with Crippen LogP contribution in [0.4, 0.5) is 0 Å². The van der Waals surface area contributed by atoms with E-state index in [0.29, 0.717) is 19.3 Å². The maximum Gasteiger partial charge on any atom is 0.162 e. The highest BCUT2D eigenvalue weighted by atomic mass is 79.9. The van der Waals surface area contributed by atoms with Crippen LogP contribution in [0.5, 0.6) is 11.5 Å². The second-order valence-corrected chi connectivity index (χ2v) is 7.03. The zero-order chi connectivity index (χ0) is 14.8. The number of hydrogen-bond donors (Lipinski definition) is 0. The summed E-state index contributed by atoms with van der Waals surface area (Å²) < 4.78 is 12.3. The third-order valence-electron chi connectivity index (χ3n) is 3.75. The molecule has 0 fully saturated rings. The van der Waals surface area contributed by atoms with Crippen LogP contribution >= 0.6 is 27.3 Å². The number of benzene rings is 1. The van der Waals surface area contributed by atoms with Crippen LogP contribution in [-0.4, -0.2) is 25.2 Å². The highest BCUT2D eigenvalue weighted by Crippen LogP contribution is 2.36. The molecular formula is C16H18BrNO2S. The Hall–Kier alpha value is -1.04. The third-order valence-corrected chi connectivity index (χ3v) is 5.53. The summed E-state index contributed by atoms with van der Waals surface area (Å²) in [5, 5.41) is 2.12. The molecule has 1 aliphatic rings. The first-order valence-corrected chi connectivity index (χ1v) is 8.64. The van der Waals surface area contributed by atoms with Crippen molar-refractivity contribution in [3.8, 4) is 11.5 Å². The summed E-state index contributed by atoms with van der Waals surface area (Å²) in [6.45, 7) is 4.33. The van der Waals surface area contributed by atoms with Crippen molar-refractivity contribution in [3.63, 3.8) is 0 Å². The molecule has 1 aromatic carbocycles. The topological polar surface area (TPSA) is 21.7 Å². The lowest BCUT2D eigenvalue weighted by molar-refractivity contribution is 0.170. The Kier molecular flexibility index (Phi) is 4.52. The third kappa shape index (κ3) is 3.25. The summed E-state index contributed by atoms with van der Waals surface area (Å²) in [6.07, 6.45) is 0. The fourth-order valence-corrected chi connectivity index (χ4v) is 3.68. The Morgan fingerprint density at radius 3 is 2.67 bits per heavy atom. The Labute approximate surface area is 137 Å². The lowest BCUT2D eigenvalue weighted by Crippen LogP contribution is -2.22. The smallest absolute Gasteiger partial charge is 0.162 e. The van der Waals surface area contributed by atoms with E-state index < -0.39 is 0 Å². The summed E-state index contributed by atoms with van der Waals surface area (Å²) in [5.74, 6) is 1.67. The van der Waals surface area contributed by atoms with Gasteiger partial charge in [-0.3, -0.25) is 4.90 Å². The van der Waals surface area contributed by atoms with Crippen molar-refractivity contribution in [2.75, 3.05) is 20.3 Å². The lowest BCUT2D eigenvalue weighted by atomic mass is 10.1. The van der Waals surface area contributed by atoms with Gasteiger partial charge in [0.1, 0.15) is 13.2 Å². The number of rotatable bonds is 4. The Morgan fingerprint density at radius 2 is 2.00 bits per heavy atom. The van der Waals surface area contributed by atoms with Crippen molar-refractivity contribution in [1.82, 2.24) is 4.90 Å². The molecule has 0 aliphatic carbocycles. The molecule has 2 aromatic rings. The predicted molar refractivity (Wildman–Crippen MR) is 89.3 cm³/mol. The number of hydrogen-bond acceptors (Lipinski definition) is 4. The molecule has 0 saturated carbocycles. The van der Waals surface area contributed by atoms with Gasteiger partial charge in [-0.15, -0.1) is 11.3 Å². The van der Waals surface area contributed by atoms with Gasteiger partial charge in [-0.1, -0.05) is 22.0 Å². The number of halogens is 1. The zero-order valence-corrected chi connectivity index (χ0v) is 14.5. The molecule has 0 saturated heterocycles. The van der Waals surface area contributed by atoms with Crippen molar-refractivity contribution >= 4 is 27.3 Å². The van der Waals surface area contributed by atoms with E-state index in [1.54, 1.807) is 11.3 Å². The summed E-state index contributed by atoms with van der Waals surface area (Å²) in [5.41, 5.74) is 1.21. The molecule has 0 spiro atoms. The zero-order valence-electron chi connectivity index (χ0n) is 12.1. The predicted octanol–water partition coefficient (Wildman–Crippen LogP) is 4.47. The Balaban J connectivity index is 1.78. The van der Waals surface area contributed by atoms with E-state index in [-0.39, 0.29) is 0 Å². The van der Waals surface area contributed by atoms with Gasteiger partial charge >= 0.3 is 0 Å². The number of ether oxygens (including phenoxy) is 2. The first kappa shape index (κ1) is 14.9. The van der Waals surface area contributed by atoms with Gasteiger partial charge in [0.05, 0.1) is 0 Å². The van der Waals surface area contributed by atoms with Crippen LogP contribution in [0.25, 0.3) is 0 Å². The van der Waals surface area contributed by atoms with E-state index >= 15 is 0 Å². The molecule has 1 aliphatic heterocycles. The standard InChI is InChI=1S/C16H18BrNO2S/c1-11(16-4-3-7-21-16)18(2)10-12-8-14-15(9-13(12)17)20-6-5-19-14/h3-4,7-9,11H,5-6,10H2,1-2H3/t11-/m1/s1. The van der Waals surface area contributed by atoms with E-state index in [0.717, 1.165) is 22.5 Å². The van der Waals surface area contributed by atoms with Gasteiger partial charge in [0.2, 0.25) is 0 Å². The quantitative estimate of drug-likeness (QED) is 0.795. The molecule has 2 heterocycles. The van der Waals surface area contributed by atoms with Gasteiger partial charge in [0.25, 0.3) is 0 Å². The van der Waals surface area contributed by atoms with Crippen molar-refractivity contribution in [2.24, 2.45) is 0 Å². The first-order valence-electron chi connectivity index (χ1n) is 6.97. The maximum atomic E-state index is 5.67. The molecule has 3 nitrogen and oxygen atoms in total. The van der Waals surface area contributed by atoms with Crippen molar-refractivity contribution in [2.45, 2.75) is 19.5 Å². The minimum absolute atomic E-state index is 0.394. The van der Waals surface area contributed by atoms with Crippen LogP contribution in [0.3, 0.4) is 0 Å². The summed E-state index contributed by atoms with van der Waals surface area (Å²) in [4.78, 5) is 3.72. The maximum absolute atomic E-state index is 5.67. The number of fused-ring (bicyclic) bond motifs is 1. The molecule has 1 atom stereocenters. The van der Waals surface area contributed by atoms with Crippen molar-refractivity contribution in [1.29, 1.82) is 0 Å². The molecule has 0 radical (unpaired) electrons. The number of nitrogens with zero attached hydrogens (tertiary/aromatic N) is 1. The summed E-state index contributed by atoms with van der Waals surface area (Å²) in [6, 6.07) is 8.77. The molecule has 1 aromatic heterocycles. The van der Waals surface area contributed by atoms with E-state index in [9.17, 15) is 0 Å². The second kappa shape index (κ2) is 6.38.